The number of hydrogen-bond donors (Lipinski definition) is 1. The first-order valence-corrected chi connectivity index (χ1v) is 10.3. The summed E-state index contributed by atoms with van der Waals surface area (Å²) in [5.41, 5.74) is 2.15. The van der Waals surface area contributed by atoms with Gasteiger partial charge in [-0.25, -0.2) is 4.98 Å². The van der Waals surface area contributed by atoms with Crippen molar-refractivity contribution in [1.82, 2.24) is 18.9 Å². The number of piperidine rings is 1. The summed E-state index contributed by atoms with van der Waals surface area (Å²) < 4.78 is 3.23. The summed E-state index contributed by atoms with van der Waals surface area (Å²) in [4.78, 5) is 33.0. The van der Waals surface area contributed by atoms with Gasteiger partial charge in [0.05, 0.1) is 10.9 Å². The van der Waals surface area contributed by atoms with Gasteiger partial charge in [-0.1, -0.05) is 19.9 Å². The average molecular weight is 393 g/mol. The van der Waals surface area contributed by atoms with Gasteiger partial charge in [0.1, 0.15) is 16.8 Å². The molecule has 0 bridgehead atoms. The first-order valence-electron chi connectivity index (χ1n) is 10.3. The maximum absolute atomic E-state index is 13.2. The van der Waals surface area contributed by atoms with Crippen LogP contribution < -0.4 is 11.0 Å². The van der Waals surface area contributed by atoms with E-state index >= 15 is 0 Å². The molecule has 1 N–H and O–H groups in total. The summed E-state index contributed by atoms with van der Waals surface area (Å²) in [7, 11) is 0. The summed E-state index contributed by atoms with van der Waals surface area (Å²) in [5, 5.41) is 9.10. The minimum atomic E-state index is -0.208. The molecule has 0 unspecified atom stereocenters. The summed E-state index contributed by atoms with van der Waals surface area (Å²) in [6.07, 6.45) is 4.41. The normalized spacial score (nSPS) is 15.3. The Hall–Kier alpha value is -2.96. The second-order valence-electron chi connectivity index (χ2n) is 8.07. The minimum Gasteiger partial charge on any atom is -0.339 e. The molecule has 0 aromatic carbocycles. The fourth-order valence-electron chi connectivity index (χ4n) is 4.08. The molecule has 3 aromatic rings. The van der Waals surface area contributed by atoms with E-state index in [0.29, 0.717) is 42.2 Å². The molecule has 0 atom stereocenters. The molecule has 1 aliphatic rings. The largest absolute Gasteiger partial charge is 0.339 e. The van der Waals surface area contributed by atoms with E-state index in [1.54, 1.807) is 16.8 Å². The summed E-state index contributed by atoms with van der Waals surface area (Å²) in [6.45, 7) is 8.04. The lowest BCUT2D eigenvalue weighted by molar-refractivity contribution is 0.0694. The highest BCUT2D eigenvalue weighted by Crippen LogP contribution is 2.19. The number of nitrogens with zero attached hydrogens (tertiary/aromatic N) is 4. The predicted octanol–water partition coefficient (Wildman–Crippen LogP) is 2.72. The Bertz CT molecular complexity index is 1220. The van der Waals surface area contributed by atoms with Crippen LogP contribution in [0.5, 0.6) is 0 Å². The van der Waals surface area contributed by atoms with Crippen LogP contribution in [0.3, 0.4) is 0 Å². The van der Waals surface area contributed by atoms with Crippen molar-refractivity contribution in [3.05, 3.63) is 51.4 Å². The molecule has 0 spiro atoms. The number of carbonyl (C=O) groups excluding carboxylic acids is 1. The van der Waals surface area contributed by atoms with E-state index in [1.807, 2.05) is 30.9 Å². The first-order chi connectivity index (χ1) is 13.9. The van der Waals surface area contributed by atoms with Crippen LogP contribution >= 0.6 is 0 Å². The van der Waals surface area contributed by atoms with Crippen molar-refractivity contribution >= 4 is 22.6 Å². The zero-order valence-electron chi connectivity index (χ0n) is 17.2. The van der Waals surface area contributed by atoms with Crippen LogP contribution in [-0.4, -0.2) is 37.8 Å². The molecule has 1 amide bonds. The van der Waals surface area contributed by atoms with Gasteiger partial charge in [0.15, 0.2) is 0 Å². The van der Waals surface area contributed by atoms with Gasteiger partial charge in [-0.05, 0) is 49.8 Å². The zero-order chi connectivity index (χ0) is 20.7. The standard InChI is InChI=1S/C22H27N5O2/c1-4-9-26-18(23)16(21(28)25-11-7-14(2)8-12-25)13-17-20(26)24-19-15(3)6-5-10-27(19)22(17)29/h5-6,10,13-14,23H,4,7-9,11-12H2,1-3H3. The van der Waals surface area contributed by atoms with E-state index in [-0.39, 0.29) is 22.5 Å². The van der Waals surface area contributed by atoms with Gasteiger partial charge in [0.25, 0.3) is 11.5 Å². The quantitative estimate of drug-likeness (QED) is 0.695. The number of hydrogen-bond acceptors (Lipinski definition) is 4. The number of fused-ring (bicyclic) bond motifs is 2. The number of pyridine rings is 2. The average Bonchev–Trinajstić information content (AvgIpc) is 2.71. The highest BCUT2D eigenvalue weighted by molar-refractivity contribution is 5.97. The maximum Gasteiger partial charge on any atom is 0.267 e. The third kappa shape index (κ3) is 3.24. The molecule has 1 fully saturated rings. The van der Waals surface area contributed by atoms with Crippen LogP contribution in [0.15, 0.2) is 29.2 Å². The van der Waals surface area contributed by atoms with Crippen molar-refractivity contribution in [2.24, 2.45) is 5.92 Å². The first kappa shape index (κ1) is 19.4. The molecule has 29 heavy (non-hydrogen) atoms. The Morgan fingerprint density at radius 3 is 2.69 bits per heavy atom. The van der Waals surface area contributed by atoms with Crippen LogP contribution in [0, 0.1) is 18.3 Å². The Balaban J connectivity index is 1.97. The zero-order valence-corrected chi connectivity index (χ0v) is 17.2. The second kappa shape index (κ2) is 7.46. The van der Waals surface area contributed by atoms with E-state index < -0.39 is 0 Å². The summed E-state index contributed by atoms with van der Waals surface area (Å²) >= 11 is 0. The van der Waals surface area contributed by atoms with Crippen LogP contribution in [-0.2, 0) is 6.54 Å². The molecule has 1 saturated heterocycles. The van der Waals surface area contributed by atoms with Crippen molar-refractivity contribution < 1.29 is 4.79 Å². The number of nitrogens with one attached hydrogen (secondary N) is 1. The third-order valence-electron chi connectivity index (χ3n) is 5.88. The molecule has 152 valence electrons. The highest BCUT2D eigenvalue weighted by atomic mass is 16.2. The highest BCUT2D eigenvalue weighted by Gasteiger charge is 2.24. The van der Waals surface area contributed by atoms with Crippen molar-refractivity contribution in [1.29, 1.82) is 5.41 Å². The Kier molecular flexibility index (Phi) is 4.98. The number of amides is 1. The topological polar surface area (TPSA) is 83.5 Å². The van der Waals surface area contributed by atoms with Crippen molar-refractivity contribution in [2.75, 3.05) is 13.1 Å². The molecule has 4 rings (SSSR count). The number of aryl methyl sites for hydroxylation is 2. The molecule has 0 radical (unpaired) electrons. The predicted molar refractivity (Wildman–Crippen MR) is 112 cm³/mol. The van der Waals surface area contributed by atoms with Crippen LogP contribution in [0.2, 0.25) is 0 Å². The number of carbonyl (C=O) groups is 1. The molecule has 0 aliphatic carbocycles. The molecule has 1 aliphatic heterocycles. The molecule has 3 aromatic heterocycles. The maximum atomic E-state index is 13.2. The van der Waals surface area contributed by atoms with Gasteiger partial charge in [-0.2, -0.15) is 0 Å². The van der Waals surface area contributed by atoms with E-state index in [2.05, 4.69) is 6.92 Å². The lowest BCUT2D eigenvalue weighted by Crippen LogP contribution is -2.41. The van der Waals surface area contributed by atoms with Crippen LogP contribution in [0.1, 0.15) is 49.0 Å². The summed E-state index contributed by atoms with van der Waals surface area (Å²) in [5.74, 6) is 0.446. The van der Waals surface area contributed by atoms with Crippen molar-refractivity contribution in [2.45, 2.75) is 46.6 Å². The van der Waals surface area contributed by atoms with E-state index in [1.165, 1.54) is 4.40 Å². The minimum absolute atomic E-state index is 0.132. The summed E-state index contributed by atoms with van der Waals surface area (Å²) in [6, 6.07) is 5.31. The van der Waals surface area contributed by atoms with Gasteiger partial charge in [0, 0.05) is 25.8 Å². The van der Waals surface area contributed by atoms with E-state index in [9.17, 15) is 9.59 Å². The number of aromatic nitrogens is 3. The molecular weight excluding hydrogens is 366 g/mol. The second-order valence-corrected chi connectivity index (χ2v) is 8.07. The molecule has 0 saturated carbocycles. The molecule has 7 nitrogen and oxygen atoms in total. The lowest BCUT2D eigenvalue weighted by atomic mass is 9.98. The smallest absolute Gasteiger partial charge is 0.267 e. The Labute approximate surface area is 169 Å². The number of rotatable bonds is 3. The number of likely N-dealkylation sites (tertiary alicyclic amines) is 1. The lowest BCUT2D eigenvalue weighted by Gasteiger charge is -2.30. The van der Waals surface area contributed by atoms with Gasteiger partial charge < -0.3 is 9.47 Å². The Morgan fingerprint density at radius 1 is 1.28 bits per heavy atom. The third-order valence-corrected chi connectivity index (χ3v) is 5.88. The van der Waals surface area contributed by atoms with E-state index in [4.69, 9.17) is 10.4 Å². The fourth-order valence-corrected chi connectivity index (χ4v) is 4.08. The molecular formula is C22H27N5O2. The van der Waals surface area contributed by atoms with E-state index in [0.717, 1.165) is 24.8 Å². The van der Waals surface area contributed by atoms with Gasteiger partial charge in [-0.3, -0.25) is 19.4 Å². The molecule has 7 heteroatoms. The van der Waals surface area contributed by atoms with Crippen LogP contribution in [0.4, 0.5) is 0 Å². The Morgan fingerprint density at radius 2 is 2.00 bits per heavy atom. The van der Waals surface area contributed by atoms with Gasteiger partial charge >= 0.3 is 0 Å². The van der Waals surface area contributed by atoms with Crippen molar-refractivity contribution in [3.8, 4) is 0 Å². The fraction of sp³-hybridized carbons (Fsp3) is 0.455. The van der Waals surface area contributed by atoms with Gasteiger partial charge in [0.2, 0.25) is 0 Å². The SMILES string of the molecule is CCCn1c(=N)c(C(=O)N2CCC(C)CC2)cc2c(=O)n3cccc(C)c3nc21. The monoisotopic (exact) mass is 393 g/mol. The van der Waals surface area contributed by atoms with Crippen molar-refractivity contribution in [3.63, 3.8) is 0 Å². The molecule has 4 heterocycles. The van der Waals surface area contributed by atoms with Crippen LogP contribution in [0.25, 0.3) is 16.7 Å². The van der Waals surface area contributed by atoms with Gasteiger partial charge in [-0.15, -0.1) is 0 Å².